The first kappa shape index (κ1) is 10.6. The Morgan fingerprint density at radius 3 is 3.20 bits per heavy atom. The molecule has 1 aromatic rings. The molecule has 1 aliphatic rings. The van der Waals surface area contributed by atoms with Crippen LogP contribution in [0.1, 0.15) is 18.7 Å². The Kier molecular flexibility index (Phi) is 3.38. The molecule has 4 nitrogen and oxygen atoms in total. The number of rotatable bonds is 4. The van der Waals surface area contributed by atoms with E-state index in [1.165, 1.54) is 0 Å². The summed E-state index contributed by atoms with van der Waals surface area (Å²) in [6.07, 6.45) is 6.88. The van der Waals surface area contributed by atoms with Crippen LogP contribution < -0.4 is 5.73 Å². The van der Waals surface area contributed by atoms with E-state index in [0.717, 1.165) is 38.3 Å². The average Bonchev–Trinajstić information content (AvgIpc) is 2.85. The lowest BCUT2D eigenvalue weighted by Crippen LogP contribution is -2.31. The average molecular weight is 209 g/mol. The first-order chi connectivity index (χ1) is 7.27. The lowest BCUT2D eigenvalue weighted by atomic mass is 9.96. The van der Waals surface area contributed by atoms with E-state index in [2.05, 4.69) is 9.55 Å². The summed E-state index contributed by atoms with van der Waals surface area (Å²) in [7, 11) is 2.02. The van der Waals surface area contributed by atoms with Crippen LogP contribution >= 0.6 is 0 Å². The predicted octanol–water partition coefficient (Wildman–Crippen LogP) is 0.716. The van der Waals surface area contributed by atoms with Gasteiger partial charge in [0.2, 0.25) is 0 Å². The highest BCUT2D eigenvalue weighted by Crippen LogP contribution is 2.18. The zero-order chi connectivity index (χ0) is 10.7. The number of nitrogens with two attached hydrogens (primary N) is 1. The Bertz CT molecular complexity index is 305. The van der Waals surface area contributed by atoms with Crippen molar-refractivity contribution in [2.75, 3.05) is 13.2 Å². The maximum Gasteiger partial charge on any atom is 0.108 e. The van der Waals surface area contributed by atoms with Crippen molar-refractivity contribution in [3.63, 3.8) is 0 Å². The fourth-order valence-electron chi connectivity index (χ4n) is 2.06. The number of aryl methyl sites for hydroxylation is 2. The number of imidazole rings is 1. The molecule has 2 heterocycles. The summed E-state index contributed by atoms with van der Waals surface area (Å²) in [5.41, 5.74) is 6.13. The van der Waals surface area contributed by atoms with Gasteiger partial charge < -0.3 is 15.0 Å². The van der Waals surface area contributed by atoms with E-state index >= 15 is 0 Å². The molecule has 0 bridgehead atoms. The van der Waals surface area contributed by atoms with E-state index in [4.69, 9.17) is 10.5 Å². The van der Waals surface area contributed by atoms with Gasteiger partial charge in [-0.2, -0.15) is 0 Å². The Hall–Kier alpha value is -0.870. The molecule has 0 aliphatic carbocycles. The highest BCUT2D eigenvalue weighted by molar-refractivity contribution is 4.92. The molecular weight excluding hydrogens is 190 g/mol. The molecule has 4 heteroatoms. The molecule has 2 rings (SSSR count). The summed E-state index contributed by atoms with van der Waals surface area (Å²) in [6.45, 7) is 1.71. The Labute approximate surface area is 90.4 Å². The van der Waals surface area contributed by atoms with E-state index in [9.17, 15) is 0 Å². The second kappa shape index (κ2) is 4.77. The minimum atomic E-state index is 0.254. The van der Waals surface area contributed by atoms with Crippen LogP contribution in [0.3, 0.4) is 0 Å². The molecule has 0 amide bonds. The molecule has 1 fully saturated rings. The topological polar surface area (TPSA) is 53.1 Å². The monoisotopic (exact) mass is 209 g/mol. The lowest BCUT2D eigenvalue weighted by Gasteiger charge is -2.16. The minimum Gasteiger partial charge on any atom is -0.381 e. The van der Waals surface area contributed by atoms with Crippen LogP contribution in [0.15, 0.2) is 12.4 Å². The molecule has 2 atom stereocenters. The first-order valence-corrected chi connectivity index (χ1v) is 5.57. The Balaban J connectivity index is 1.80. The number of nitrogens with zero attached hydrogens (tertiary/aromatic N) is 2. The highest BCUT2D eigenvalue weighted by atomic mass is 16.5. The van der Waals surface area contributed by atoms with Crippen molar-refractivity contribution < 1.29 is 4.74 Å². The number of aromatic nitrogens is 2. The summed E-state index contributed by atoms with van der Waals surface area (Å²) in [6, 6.07) is 0.254. The van der Waals surface area contributed by atoms with Gasteiger partial charge >= 0.3 is 0 Å². The highest BCUT2D eigenvalue weighted by Gasteiger charge is 2.22. The van der Waals surface area contributed by atoms with E-state index < -0.39 is 0 Å². The maximum absolute atomic E-state index is 6.13. The van der Waals surface area contributed by atoms with Crippen LogP contribution in [-0.2, 0) is 18.2 Å². The van der Waals surface area contributed by atoms with Crippen LogP contribution in [0, 0.1) is 5.92 Å². The molecule has 1 saturated heterocycles. The standard InChI is InChI=1S/C11H19N3O/c1-14-6-5-13-11(14)3-2-10(12)9-4-7-15-8-9/h5-6,9-10H,2-4,7-8,12H2,1H3. The van der Waals surface area contributed by atoms with Gasteiger partial charge in [0.1, 0.15) is 5.82 Å². The third-order valence-electron chi connectivity index (χ3n) is 3.19. The quantitative estimate of drug-likeness (QED) is 0.795. The van der Waals surface area contributed by atoms with E-state index in [-0.39, 0.29) is 6.04 Å². The third-order valence-corrected chi connectivity index (χ3v) is 3.19. The molecule has 15 heavy (non-hydrogen) atoms. The van der Waals surface area contributed by atoms with Crippen molar-refractivity contribution in [3.05, 3.63) is 18.2 Å². The molecule has 0 radical (unpaired) electrons. The summed E-state index contributed by atoms with van der Waals surface area (Å²) in [5, 5.41) is 0. The van der Waals surface area contributed by atoms with Gasteiger partial charge in [-0.15, -0.1) is 0 Å². The van der Waals surface area contributed by atoms with Gasteiger partial charge in [0.05, 0.1) is 6.61 Å². The van der Waals surface area contributed by atoms with Crippen molar-refractivity contribution in [1.29, 1.82) is 0 Å². The maximum atomic E-state index is 6.13. The molecule has 0 spiro atoms. The molecule has 0 aromatic carbocycles. The van der Waals surface area contributed by atoms with Gasteiger partial charge in [0, 0.05) is 38.5 Å². The molecule has 84 valence electrons. The summed E-state index contributed by atoms with van der Waals surface area (Å²) in [5.74, 6) is 1.66. The normalized spacial score (nSPS) is 23.2. The van der Waals surface area contributed by atoms with Crippen molar-refractivity contribution in [2.45, 2.75) is 25.3 Å². The molecular formula is C11H19N3O. The van der Waals surface area contributed by atoms with Gasteiger partial charge in [0.25, 0.3) is 0 Å². The molecule has 1 aliphatic heterocycles. The van der Waals surface area contributed by atoms with Gasteiger partial charge in [-0.25, -0.2) is 4.98 Å². The van der Waals surface area contributed by atoms with Gasteiger partial charge in [-0.05, 0) is 18.8 Å². The Morgan fingerprint density at radius 1 is 1.73 bits per heavy atom. The first-order valence-electron chi connectivity index (χ1n) is 5.57. The zero-order valence-electron chi connectivity index (χ0n) is 9.22. The van der Waals surface area contributed by atoms with Gasteiger partial charge in [-0.1, -0.05) is 0 Å². The van der Waals surface area contributed by atoms with E-state index in [1.807, 2.05) is 19.4 Å². The minimum absolute atomic E-state index is 0.254. The van der Waals surface area contributed by atoms with Crippen molar-refractivity contribution in [3.8, 4) is 0 Å². The van der Waals surface area contributed by atoms with Crippen molar-refractivity contribution in [2.24, 2.45) is 18.7 Å². The fraction of sp³-hybridized carbons (Fsp3) is 0.727. The number of hydrogen-bond acceptors (Lipinski definition) is 3. The third kappa shape index (κ3) is 2.58. The molecule has 2 N–H and O–H groups in total. The van der Waals surface area contributed by atoms with E-state index in [0.29, 0.717) is 5.92 Å². The van der Waals surface area contributed by atoms with Crippen LogP contribution in [0.25, 0.3) is 0 Å². The number of hydrogen-bond donors (Lipinski definition) is 1. The van der Waals surface area contributed by atoms with E-state index in [1.54, 1.807) is 0 Å². The van der Waals surface area contributed by atoms with Crippen molar-refractivity contribution in [1.82, 2.24) is 9.55 Å². The zero-order valence-corrected chi connectivity index (χ0v) is 9.22. The second-order valence-corrected chi connectivity index (χ2v) is 4.28. The molecule has 2 unspecified atom stereocenters. The number of ether oxygens (including phenoxy) is 1. The van der Waals surface area contributed by atoms with Gasteiger partial charge in [-0.3, -0.25) is 0 Å². The predicted molar refractivity (Wildman–Crippen MR) is 58.4 cm³/mol. The SMILES string of the molecule is Cn1ccnc1CCC(N)C1CCOC1. The largest absolute Gasteiger partial charge is 0.381 e. The summed E-state index contributed by atoms with van der Waals surface area (Å²) < 4.78 is 7.39. The van der Waals surface area contributed by atoms with Crippen LogP contribution in [-0.4, -0.2) is 28.8 Å². The smallest absolute Gasteiger partial charge is 0.108 e. The molecule has 1 aromatic heterocycles. The lowest BCUT2D eigenvalue weighted by molar-refractivity contribution is 0.179. The summed E-state index contributed by atoms with van der Waals surface area (Å²) >= 11 is 0. The van der Waals surface area contributed by atoms with Crippen LogP contribution in [0.2, 0.25) is 0 Å². The summed E-state index contributed by atoms with van der Waals surface area (Å²) in [4.78, 5) is 4.29. The van der Waals surface area contributed by atoms with Crippen molar-refractivity contribution >= 4 is 0 Å². The fourth-order valence-corrected chi connectivity index (χ4v) is 2.06. The van der Waals surface area contributed by atoms with Crippen LogP contribution in [0.5, 0.6) is 0 Å². The van der Waals surface area contributed by atoms with Crippen LogP contribution in [0.4, 0.5) is 0 Å². The van der Waals surface area contributed by atoms with Gasteiger partial charge in [0.15, 0.2) is 0 Å². The molecule has 0 saturated carbocycles. The second-order valence-electron chi connectivity index (χ2n) is 4.28. The Morgan fingerprint density at radius 2 is 2.60 bits per heavy atom.